The second-order valence-electron chi connectivity index (χ2n) is 5.88. The highest BCUT2D eigenvalue weighted by Gasteiger charge is 2.17. The van der Waals surface area contributed by atoms with Crippen molar-refractivity contribution in [3.63, 3.8) is 0 Å². The van der Waals surface area contributed by atoms with E-state index >= 15 is 0 Å². The standard InChI is InChI=1S/C18H24N2O3S/c1-14(2)10-22-11-16(17-7-5-9-23-17)20-18(21)13-24-12-15-6-3-4-8-19-15/h3-9,14,16H,10-13H2,1-2H3,(H,20,21)/t16-/m1/s1. The van der Waals surface area contributed by atoms with Gasteiger partial charge in [0.2, 0.25) is 5.91 Å². The van der Waals surface area contributed by atoms with Gasteiger partial charge in [0, 0.05) is 18.6 Å². The fourth-order valence-corrected chi connectivity index (χ4v) is 2.82. The summed E-state index contributed by atoms with van der Waals surface area (Å²) in [5.41, 5.74) is 0.971. The van der Waals surface area contributed by atoms with Crippen molar-refractivity contribution in [3.8, 4) is 0 Å². The fraction of sp³-hybridized carbons (Fsp3) is 0.444. The lowest BCUT2D eigenvalue weighted by Gasteiger charge is -2.17. The molecule has 0 aliphatic rings. The summed E-state index contributed by atoms with van der Waals surface area (Å²) < 4.78 is 11.1. The molecule has 0 aliphatic carbocycles. The van der Waals surface area contributed by atoms with Crippen LogP contribution in [0.4, 0.5) is 0 Å². The summed E-state index contributed by atoms with van der Waals surface area (Å²) in [6, 6.07) is 9.18. The molecule has 0 saturated carbocycles. The number of hydrogen-bond donors (Lipinski definition) is 1. The molecule has 1 N–H and O–H groups in total. The first kappa shape index (κ1) is 18.5. The van der Waals surface area contributed by atoms with Crippen molar-refractivity contribution in [3.05, 3.63) is 54.2 Å². The van der Waals surface area contributed by atoms with Gasteiger partial charge in [-0.1, -0.05) is 19.9 Å². The van der Waals surface area contributed by atoms with Crippen LogP contribution < -0.4 is 5.32 Å². The zero-order chi connectivity index (χ0) is 17.2. The molecule has 2 aromatic rings. The average Bonchev–Trinajstić information content (AvgIpc) is 3.09. The first-order chi connectivity index (χ1) is 11.6. The molecule has 0 unspecified atom stereocenters. The molecule has 5 nitrogen and oxygen atoms in total. The molecule has 2 heterocycles. The number of aromatic nitrogens is 1. The van der Waals surface area contributed by atoms with Crippen LogP contribution in [0.25, 0.3) is 0 Å². The Balaban J connectivity index is 1.78. The summed E-state index contributed by atoms with van der Waals surface area (Å²) in [7, 11) is 0. The Morgan fingerprint density at radius 3 is 2.83 bits per heavy atom. The third-order valence-corrected chi connectivity index (χ3v) is 4.13. The predicted molar refractivity (Wildman–Crippen MR) is 95.6 cm³/mol. The van der Waals surface area contributed by atoms with Gasteiger partial charge in [-0.05, 0) is 30.2 Å². The van der Waals surface area contributed by atoms with Crippen molar-refractivity contribution >= 4 is 17.7 Å². The number of amides is 1. The summed E-state index contributed by atoms with van der Waals surface area (Å²) in [5.74, 6) is 2.21. The van der Waals surface area contributed by atoms with Crippen LogP contribution in [0.15, 0.2) is 47.2 Å². The summed E-state index contributed by atoms with van der Waals surface area (Å²) in [6.07, 6.45) is 3.36. The van der Waals surface area contributed by atoms with Gasteiger partial charge in [0.05, 0.1) is 24.3 Å². The highest BCUT2D eigenvalue weighted by atomic mass is 32.2. The summed E-state index contributed by atoms with van der Waals surface area (Å²) in [5, 5.41) is 2.98. The van der Waals surface area contributed by atoms with Crippen LogP contribution in [0.1, 0.15) is 31.3 Å². The van der Waals surface area contributed by atoms with Gasteiger partial charge in [-0.3, -0.25) is 9.78 Å². The lowest BCUT2D eigenvalue weighted by atomic mass is 10.2. The van der Waals surface area contributed by atoms with Crippen molar-refractivity contribution < 1.29 is 13.9 Å². The topological polar surface area (TPSA) is 64.4 Å². The maximum absolute atomic E-state index is 12.2. The van der Waals surface area contributed by atoms with Crippen LogP contribution in [0.3, 0.4) is 0 Å². The Labute approximate surface area is 147 Å². The number of thioether (sulfide) groups is 1. The minimum atomic E-state index is -0.262. The largest absolute Gasteiger partial charge is 0.467 e. The van der Waals surface area contributed by atoms with Gasteiger partial charge in [-0.2, -0.15) is 0 Å². The smallest absolute Gasteiger partial charge is 0.230 e. The third kappa shape index (κ3) is 6.76. The van der Waals surface area contributed by atoms with E-state index in [4.69, 9.17) is 9.15 Å². The molecule has 0 saturated heterocycles. The molecule has 24 heavy (non-hydrogen) atoms. The average molecular weight is 348 g/mol. The van der Waals surface area contributed by atoms with E-state index in [0.717, 1.165) is 5.69 Å². The third-order valence-electron chi connectivity index (χ3n) is 3.17. The van der Waals surface area contributed by atoms with E-state index < -0.39 is 0 Å². The molecule has 0 bridgehead atoms. The number of furan rings is 1. The first-order valence-corrected chi connectivity index (χ1v) is 9.18. The Morgan fingerprint density at radius 2 is 2.17 bits per heavy atom. The van der Waals surface area contributed by atoms with Crippen molar-refractivity contribution in [2.75, 3.05) is 19.0 Å². The Bertz CT molecular complexity index is 588. The lowest BCUT2D eigenvalue weighted by Crippen LogP contribution is -2.33. The second kappa shape index (κ2) is 10.2. The van der Waals surface area contributed by atoms with Crippen molar-refractivity contribution in [2.24, 2.45) is 5.92 Å². The van der Waals surface area contributed by atoms with Crippen LogP contribution in [0.5, 0.6) is 0 Å². The van der Waals surface area contributed by atoms with Crippen molar-refractivity contribution in [1.82, 2.24) is 10.3 Å². The maximum atomic E-state index is 12.2. The number of nitrogens with one attached hydrogen (secondary N) is 1. The quantitative estimate of drug-likeness (QED) is 0.712. The zero-order valence-corrected chi connectivity index (χ0v) is 14.9. The maximum Gasteiger partial charge on any atom is 0.230 e. The van der Waals surface area contributed by atoms with E-state index in [1.54, 1.807) is 12.5 Å². The summed E-state index contributed by atoms with van der Waals surface area (Å²) in [6.45, 7) is 5.24. The molecule has 0 radical (unpaired) electrons. The molecule has 1 atom stereocenters. The van der Waals surface area contributed by atoms with Crippen LogP contribution >= 0.6 is 11.8 Å². The molecular formula is C18H24N2O3S. The van der Waals surface area contributed by atoms with Crippen LogP contribution in [0.2, 0.25) is 0 Å². The lowest BCUT2D eigenvalue weighted by molar-refractivity contribution is -0.120. The molecule has 6 heteroatoms. The van der Waals surface area contributed by atoms with E-state index in [-0.39, 0.29) is 11.9 Å². The van der Waals surface area contributed by atoms with E-state index in [1.807, 2.05) is 30.3 Å². The number of rotatable bonds is 10. The van der Waals surface area contributed by atoms with Gasteiger partial charge >= 0.3 is 0 Å². The molecule has 130 valence electrons. The van der Waals surface area contributed by atoms with Crippen molar-refractivity contribution in [2.45, 2.75) is 25.6 Å². The highest BCUT2D eigenvalue weighted by Crippen LogP contribution is 2.16. The molecular weight excluding hydrogens is 324 g/mol. The molecule has 0 spiro atoms. The minimum Gasteiger partial charge on any atom is -0.467 e. The van der Waals surface area contributed by atoms with E-state index in [1.165, 1.54) is 11.8 Å². The monoisotopic (exact) mass is 348 g/mol. The van der Waals surface area contributed by atoms with Crippen LogP contribution in [-0.4, -0.2) is 29.9 Å². The first-order valence-electron chi connectivity index (χ1n) is 8.03. The Kier molecular flexibility index (Phi) is 7.85. The van der Waals surface area contributed by atoms with Gasteiger partial charge < -0.3 is 14.5 Å². The van der Waals surface area contributed by atoms with Gasteiger partial charge in [-0.15, -0.1) is 11.8 Å². The molecule has 2 aromatic heterocycles. The number of ether oxygens (including phenoxy) is 1. The summed E-state index contributed by atoms with van der Waals surface area (Å²) in [4.78, 5) is 16.4. The van der Waals surface area contributed by atoms with Crippen molar-refractivity contribution in [1.29, 1.82) is 0 Å². The second-order valence-corrected chi connectivity index (χ2v) is 6.87. The van der Waals surface area contributed by atoms with Crippen LogP contribution in [0, 0.1) is 5.92 Å². The molecule has 0 aliphatic heterocycles. The highest BCUT2D eigenvalue weighted by molar-refractivity contribution is 7.99. The van der Waals surface area contributed by atoms with Gasteiger partial charge in [0.1, 0.15) is 11.8 Å². The number of carbonyl (C=O) groups excluding carboxylic acids is 1. The Morgan fingerprint density at radius 1 is 1.29 bits per heavy atom. The molecule has 0 aromatic carbocycles. The molecule has 0 fully saturated rings. The zero-order valence-electron chi connectivity index (χ0n) is 14.1. The number of carbonyl (C=O) groups is 1. The van der Waals surface area contributed by atoms with E-state index in [9.17, 15) is 4.79 Å². The fourth-order valence-electron chi connectivity index (χ4n) is 2.07. The molecule has 1 amide bonds. The van der Waals surface area contributed by atoms with Gasteiger partial charge in [0.15, 0.2) is 0 Å². The number of pyridine rings is 1. The van der Waals surface area contributed by atoms with Crippen LogP contribution in [-0.2, 0) is 15.3 Å². The summed E-state index contributed by atoms with van der Waals surface area (Å²) >= 11 is 1.54. The van der Waals surface area contributed by atoms with Gasteiger partial charge in [0.25, 0.3) is 0 Å². The SMILES string of the molecule is CC(C)COC[C@@H](NC(=O)CSCc1ccccn1)c1ccco1. The predicted octanol–water partition coefficient (Wildman–Crippen LogP) is 3.44. The Hall–Kier alpha value is -1.79. The molecule has 2 rings (SSSR count). The van der Waals surface area contributed by atoms with E-state index in [2.05, 4.69) is 24.1 Å². The number of hydrogen-bond acceptors (Lipinski definition) is 5. The van der Waals surface area contributed by atoms with Gasteiger partial charge in [-0.25, -0.2) is 0 Å². The van der Waals surface area contributed by atoms with E-state index in [0.29, 0.717) is 36.4 Å². The number of nitrogens with zero attached hydrogens (tertiary/aromatic N) is 1. The minimum absolute atomic E-state index is 0.0366. The normalized spacial score (nSPS) is 12.3.